The molecule has 0 aromatic carbocycles. The number of rotatable bonds is 4. The minimum Gasteiger partial charge on any atom is -0.384 e. The minimum atomic E-state index is -3.47. The zero-order chi connectivity index (χ0) is 13.2. The Morgan fingerprint density at radius 2 is 2.22 bits per heavy atom. The molecule has 1 fully saturated rings. The smallest absolute Gasteiger partial charge is 0.242 e. The standard InChI is InChI=1S/C11H17N3O2S2/c1-17-9-3-2-8(6-9)14-18(15,16)10-4-5-11(12)13-7-10/h4-5,7-9,14H,2-3,6H2,1H3,(H2,12,13). The fraction of sp³-hybridized carbons (Fsp3) is 0.545. The van der Waals surface area contributed by atoms with Gasteiger partial charge in [-0.3, -0.25) is 0 Å². The van der Waals surface area contributed by atoms with Crippen LogP contribution in [0.2, 0.25) is 0 Å². The lowest BCUT2D eigenvalue weighted by Crippen LogP contribution is -2.33. The number of pyridine rings is 1. The minimum absolute atomic E-state index is 0.0324. The Balaban J connectivity index is 2.06. The molecular formula is C11H17N3O2S2. The molecule has 2 atom stereocenters. The van der Waals surface area contributed by atoms with Crippen molar-refractivity contribution in [3.8, 4) is 0 Å². The first-order valence-corrected chi connectivity index (χ1v) is 8.55. The molecule has 18 heavy (non-hydrogen) atoms. The Hall–Kier alpha value is -0.790. The Kier molecular flexibility index (Phi) is 4.14. The number of hydrogen-bond donors (Lipinski definition) is 2. The summed E-state index contributed by atoms with van der Waals surface area (Å²) in [6.45, 7) is 0. The molecule has 1 aromatic rings. The SMILES string of the molecule is CSC1CCC(NS(=O)(=O)c2ccc(N)nc2)C1. The summed E-state index contributed by atoms with van der Waals surface area (Å²) in [6, 6.07) is 3.00. The Morgan fingerprint density at radius 3 is 2.78 bits per heavy atom. The van der Waals surface area contributed by atoms with Crippen molar-refractivity contribution in [3.05, 3.63) is 18.3 Å². The van der Waals surface area contributed by atoms with Crippen LogP contribution < -0.4 is 10.5 Å². The summed E-state index contributed by atoms with van der Waals surface area (Å²) in [6.07, 6.45) is 6.20. The maximum Gasteiger partial charge on any atom is 0.242 e. The maximum atomic E-state index is 12.1. The van der Waals surface area contributed by atoms with Crippen molar-refractivity contribution in [2.24, 2.45) is 0 Å². The fourth-order valence-electron chi connectivity index (χ4n) is 2.10. The van der Waals surface area contributed by atoms with Crippen molar-refractivity contribution in [1.29, 1.82) is 0 Å². The monoisotopic (exact) mass is 287 g/mol. The average Bonchev–Trinajstić information content (AvgIpc) is 2.76. The molecular weight excluding hydrogens is 270 g/mol. The van der Waals surface area contributed by atoms with Crippen LogP contribution in [0.15, 0.2) is 23.2 Å². The predicted octanol–water partition coefficient (Wildman–Crippen LogP) is 1.23. The molecule has 0 bridgehead atoms. The lowest BCUT2D eigenvalue weighted by molar-refractivity contribution is 0.552. The molecule has 7 heteroatoms. The van der Waals surface area contributed by atoms with Gasteiger partial charge in [0.05, 0.1) is 0 Å². The van der Waals surface area contributed by atoms with Gasteiger partial charge in [-0.1, -0.05) is 0 Å². The number of sulfonamides is 1. The van der Waals surface area contributed by atoms with Gasteiger partial charge in [-0.05, 0) is 37.7 Å². The van der Waals surface area contributed by atoms with Crippen LogP contribution in [0.5, 0.6) is 0 Å². The lowest BCUT2D eigenvalue weighted by Gasteiger charge is -2.13. The van der Waals surface area contributed by atoms with E-state index in [1.165, 1.54) is 18.3 Å². The van der Waals surface area contributed by atoms with Gasteiger partial charge in [-0.25, -0.2) is 18.1 Å². The molecule has 1 saturated carbocycles. The Labute approximate surface area is 112 Å². The first-order chi connectivity index (χ1) is 8.51. The van der Waals surface area contributed by atoms with Crippen LogP contribution in [0.25, 0.3) is 0 Å². The van der Waals surface area contributed by atoms with E-state index in [-0.39, 0.29) is 10.9 Å². The summed E-state index contributed by atoms with van der Waals surface area (Å²) >= 11 is 1.80. The number of aromatic nitrogens is 1. The summed E-state index contributed by atoms with van der Waals surface area (Å²) in [5.41, 5.74) is 5.44. The second-order valence-corrected chi connectivity index (χ2v) is 7.26. The molecule has 0 aliphatic heterocycles. The van der Waals surface area contributed by atoms with Crippen molar-refractivity contribution in [3.63, 3.8) is 0 Å². The molecule has 0 radical (unpaired) electrons. The summed E-state index contributed by atoms with van der Waals surface area (Å²) < 4.78 is 26.9. The van der Waals surface area contributed by atoms with Gasteiger partial charge in [0.15, 0.2) is 0 Å². The van der Waals surface area contributed by atoms with Crippen LogP contribution in [0.1, 0.15) is 19.3 Å². The van der Waals surface area contributed by atoms with E-state index in [9.17, 15) is 8.42 Å². The van der Waals surface area contributed by atoms with E-state index in [1.807, 2.05) is 0 Å². The van der Waals surface area contributed by atoms with Crippen LogP contribution in [-0.4, -0.2) is 30.9 Å². The number of anilines is 1. The molecule has 1 aliphatic carbocycles. The molecule has 1 aromatic heterocycles. The summed E-state index contributed by atoms with van der Waals surface area (Å²) in [5, 5.41) is 0.558. The summed E-state index contributed by atoms with van der Waals surface area (Å²) in [7, 11) is -3.47. The molecule has 100 valence electrons. The lowest BCUT2D eigenvalue weighted by atomic mass is 10.3. The Morgan fingerprint density at radius 1 is 1.44 bits per heavy atom. The topological polar surface area (TPSA) is 85.1 Å². The highest BCUT2D eigenvalue weighted by Crippen LogP contribution is 2.29. The zero-order valence-electron chi connectivity index (χ0n) is 10.2. The summed E-state index contributed by atoms with van der Waals surface area (Å²) in [5.74, 6) is 0.317. The van der Waals surface area contributed by atoms with Gasteiger partial charge in [-0.15, -0.1) is 0 Å². The number of thioether (sulfide) groups is 1. The molecule has 1 heterocycles. The summed E-state index contributed by atoms with van der Waals surface area (Å²) in [4.78, 5) is 3.98. The van der Waals surface area contributed by atoms with Crippen molar-refractivity contribution in [1.82, 2.24) is 9.71 Å². The first-order valence-electron chi connectivity index (χ1n) is 5.78. The molecule has 1 aliphatic rings. The van der Waals surface area contributed by atoms with Gasteiger partial charge < -0.3 is 5.73 Å². The third-order valence-corrected chi connectivity index (χ3v) is 5.71. The van der Waals surface area contributed by atoms with Gasteiger partial charge in [-0.2, -0.15) is 11.8 Å². The van der Waals surface area contributed by atoms with E-state index in [4.69, 9.17) is 5.73 Å². The zero-order valence-corrected chi connectivity index (χ0v) is 11.8. The number of hydrogen-bond acceptors (Lipinski definition) is 5. The quantitative estimate of drug-likeness (QED) is 0.870. The van der Waals surface area contributed by atoms with E-state index >= 15 is 0 Å². The molecule has 2 rings (SSSR count). The Bertz CT molecular complexity index is 502. The van der Waals surface area contributed by atoms with Gasteiger partial charge in [0.25, 0.3) is 0 Å². The van der Waals surface area contributed by atoms with E-state index in [0.717, 1.165) is 19.3 Å². The number of nitrogens with two attached hydrogens (primary N) is 1. The van der Waals surface area contributed by atoms with Crippen LogP contribution in [0.3, 0.4) is 0 Å². The maximum absolute atomic E-state index is 12.1. The second kappa shape index (κ2) is 5.46. The van der Waals surface area contributed by atoms with Crippen molar-refractivity contribution >= 4 is 27.6 Å². The van der Waals surface area contributed by atoms with E-state index < -0.39 is 10.0 Å². The molecule has 0 saturated heterocycles. The predicted molar refractivity (Wildman–Crippen MR) is 73.9 cm³/mol. The third kappa shape index (κ3) is 3.15. The number of nitrogen functional groups attached to an aromatic ring is 1. The largest absolute Gasteiger partial charge is 0.384 e. The molecule has 2 unspecified atom stereocenters. The number of nitrogens with one attached hydrogen (secondary N) is 1. The van der Waals surface area contributed by atoms with Gasteiger partial charge in [0, 0.05) is 17.5 Å². The van der Waals surface area contributed by atoms with E-state index in [2.05, 4.69) is 16.0 Å². The van der Waals surface area contributed by atoms with Crippen LogP contribution >= 0.6 is 11.8 Å². The average molecular weight is 287 g/mol. The van der Waals surface area contributed by atoms with Crippen molar-refractivity contribution in [2.45, 2.75) is 35.4 Å². The molecule has 0 amide bonds. The first kappa shape index (κ1) is 13.6. The van der Waals surface area contributed by atoms with Crippen LogP contribution in [-0.2, 0) is 10.0 Å². The van der Waals surface area contributed by atoms with Gasteiger partial charge in [0.2, 0.25) is 10.0 Å². The van der Waals surface area contributed by atoms with Gasteiger partial charge >= 0.3 is 0 Å². The highest BCUT2D eigenvalue weighted by molar-refractivity contribution is 7.99. The molecule has 0 spiro atoms. The highest BCUT2D eigenvalue weighted by atomic mass is 32.2. The van der Waals surface area contributed by atoms with Crippen LogP contribution in [0.4, 0.5) is 5.82 Å². The van der Waals surface area contributed by atoms with Crippen LogP contribution in [0, 0.1) is 0 Å². The highest BCUT2D eigenvalue weighted by Gasteiger charge is 2.28. The second-order valence-electron chi connectivity index (χ2n) is 4.41. The third-order valence-electron chi connectivity index (χ3n) is 3.11. The fourth-order valence-corrected chi connectivity index (χ4v) is 4.12. The van der Waals surface area contributed by atoms with E-state index in [0.29, 0.717) is 11.1 Å². The van der Waals surface area contributed by atoms with Gasteiger partial charge in [0.1, 0.15) is 10.7 Å². The van der Waals surface area contributed by atoms with Crippen molar-refractivity contribution < 1.29 is 8.42 Å². The van der Waals surface area contributed by atoms with Crippen molar-refractivity contribution in [2.75, 3.05) is 12.0 Å². The molecule has 3 N–H and O–H groups in total. The van der Waals surface area contributed by atoms with E-state index in [1.54, 1.807) is 11.8 Å². The molecule has 5 nitrogen and oxygen atoms in total. The normalized spacial score (nSPS) is 24.3. The number of nitrogens with zero attached hydrogens (tertiary/aromatic N) is 1.